The molecular formula is C21H35N3O4S. The van der Waals surface area contributed by atoms with E-state index in [0.717, 1.165) is 12.8 Å². The van der Waals surface area contributed by atoms with Crippen LogP contribution >= 0.6 is 11.8 Å². The minimum atomic E-state index is -0.543. The summed E-state index contributed by atoms with van der Waals surface area (Å²) in [5, 5.41) is 2.23. The zero-order valence-corrected chi connectivity index (χ0v) is 19.5. The van der Waals surface area contributed by atoms with E-state index in [1.165, 1.54) is 30.5 Å². The number of carbonyl (C=O) groups excluding carboxylic acids is 4. The van der Waals surface area contributed by atoms with Crippen molar-refractivity contribution in [2.45, 2.75) is 95.6 Å². The topological polar surface area (TPSA) is 86.8 Å². The fraction of sp³-hybridized carbons (Fsp3) is 0.810. The molecule has 0 aromatic carbocycles. The van der Waals surface area contributed by atoms with Gasteiger partial charge in [-0.05, 0) is 66.7 Å². The van der Waals surface area contributed by atoms with Crippen LogP contribution in [0.5, 0.6) is 0 Å². The Bertz CT molecular complexity index is 673. The number of nitrogens with zero attached hydrogens (tertiary/aromatic N) is 2. The summed E-state index contributed by atoms with van der Waals surface area (Å²) in [6.45, 7) is 11.4. The van der Waals surface area contributed by atoms with E-state index in [4.69, 9.17) is 0 Å². The maximum Gasteiger partial charge on any atom is 0.243 e. The number of carbonyl (C=O) groups is 4. The average molecular weight is 426 g/mol. The third-order valence-corrected chi connectivity index (χ3v) is 7.63. The van der Waals surface area contributed by atoms with Crippen LogP contribution < -0.4 is 5.32 Å². The first-order valence-corrected chi connectivity index (χ1v) is 11.3. The monoisotopic (exact) mass is 425 g/mol. The van der Waals surface area contributed by atoms with Crippen LogP contribution in [0.25, 0.3) is 0 Å². The first kappa shape index (κ1) is 23.9. The van der Waals surface area contributed by atoms with E-state index >= 15 is 0 Å². The Morgan fingerprint density at radius 2 is 1.69 bits per heavy atom. The molecule has 3 amide bonds. The highest BCUT2D eigenvalue weighted by atomic mass is 32.2. The minimum Gasteiger partial charge on any atom is -0.347 e. The van der Waals surface area contributed by atoms with Gasteiger partial charge >= 0.3 is 0 Å². The van der Waals surface area contributed by atoms with Gasteiger partial charge in [0.1, 0.15) is 0 Å². The fourth-order valence-electron chi connectivity index (χ4n) is 4.59. The Hall–Kier alpha value is -1.41. The molecule has 0 aliphatic carbocycles. The lowest BCUT2D eigenvalue weighted by Crippen LogP contribution is -2.63. The summed E-state index contributed by atoms with van der Waals surface area (Å²) in [7, 11) is 2.10. The van der Waals surface area contributed by atoms with E-state index in [9.17, 15) is 19.2 Å². The maximum absolute atomic E-state index is 13.0. The van der Waals surface area contributed by atoms with Crippen molar-refractivity contribution in [1.82, 2.24) is 15.1 Å². The van der Waals surface area contributed by atoms with Gasteiger partial charge in [-0.15, -0.1) is 11.8 Å². The van der Waals surface area contributed by atoms with E-state index in [-0.39, 0.29) is 47.0 Å². The molecule has 2 aliphatic heterocycles. The third kappa shape index (κ3) is 5.40. The number of hydrogen-bond acceptors (Lipinski definition) is 6. The summed E-state index contributed by atoms with van der Waals surface area (Å²) in [5.41, 5.74) is -0.212. The number of rotatable bonds is 7. The lowest BCUT2D eigenvalue weighted by molar-refractivity contribution is -0.145. The van der Waals surface area contributed by atoms with Gasteiger partial charge in [0.25, 0.3) is 0 Å². The number of piperidine rings is 1. The molecule has 2 heterocycles. The van der Waals surface area contributed by atoms with Crippen molar-refractivity contribution in [3.8, 4) is 0 Å². The first-order chi connectivity index (χ1) is 13.3. The number of ketones is 1. The summed E-state index contributed by atoms with van der Waals surface area (Å²) >= 11 is 1.41. The van der Waals surface area contributed by atoms with Crippen molar-refractivity contribution in [1.29, 1.82) is 0 Å². The highest BCUT2D eigenvalue weighted by Crippen LogP contribution is 2.41. The van der Waals surface area contributed by atoms with Crippen molar-refractivity contribution in [2.24, 2.45) is 0 Å². The molecule has 29 heavy (non-hydrogen) atoms. The van der Waals surface area contributed by atoms with Crippen LogP contribution in [0.3, 0.4) is 0 Å². The Labute approximate surface area is 178 Å². The van der Waals surface area contributed by atoms with Crippen molar-refractivity contribution in [3.05, 3.63) is 0 Å². The molecule has 0 spiro atoms. The van der Waals surface area contributed by atoms with Crippen LogP contribution in [0.15, 0.2) is 0 Å². The summed E-state index contributed by atoms with van der Waals surface area (Å²) in [6.07, 6.45) is 2.18. The molecule has 2 aliphatic rings. The van der Waals surface area contributed by atoms with Gasteiger partial charge in [-0.3, -0.25) is 29.0 Å². The van der Waals surface area contributed by atoms with Gasteiger partial charge in [-0.1, -0.05) is 0 Å². The van der Waals surface area contributed by atoms with Crippen molar-refractivity contribution >= 4 is 35.3 Å². The van der Waals surface area contributed by atoms with Crippen molar-refractivity contribution in [2.75, 3.05) is 12.8 Å². The Morgan fingerprint density at radius 1 is 1.14 bits per heavy atom. The first-order valence-electron chi connectivity index (χ1n) is 10.3. The molecule has 2 fully saturated rings. The maximum atomic E-state index is 13.0. The fourth-order valence-corrected chi connectivity index (χ4v) is 5.76. The summed E-state index contributed by atoms with van der Waals surface area (Å²) in [6, 6.07) is -0.634. The molecule has 0 radical (unpaired) electrons. The molecule has 7 nitrogen and oxygen atoms in total. The van der Waals surface area contributed by atoms with E-state index in [0.29, 0.717) is 12.2 Å². The van der Waals surface area contributed by atoms with E-state index < -0.39 is 11.3 Å². The number of nitrogens with one attached hydrogen (secondary N) is 1. The van der Waals surface area contributed by atoms with Crippen molar-refractivity contribution < 1.29 is 19.2 Å². The highest BCUT2D eigenvalue weighted by Gasteiger charge is 2.50. The number of hydrogen-bond donors (Lipinski definition) is 1. The normalized spacial score (nSPS) is 25.9. The van der Waals surface area contributed by atoms with Crippen LogP contribution in [-0.4, -0.2) is 74.5 Å². The standard InChI is InChI=1S/C21H35N3O4S/c1-13(25)16(22-14(2)26)8-9-29-17-10-18(27)24(19(17)28)15-11-20(3,4)23(7)21(5,6)12-15/h15-17H,8-12H2,1-7H3,(H,22,26). The van der Waals surface area contributed by atoms with E-state index in [1.807, 2.05) is 0 Å². The van der Waals surface area contributed by atoms with Gasteiger partial charge in [-0.2, -0.15) is 0 Å². The molecule has 2 rings (SSSR count). The second kappa shape index (κ2) is 8.76. The molecule has 0 bridgehead atoms. The number of thioether (sulfide) groups is 1. The molecular weight excluding hydrogens is 390 g/mol. The van der Waals surface area contributed by atoms with Crippen LogP contribution in [-0.2, 0) is 19.2 Å². The predicted octanol–water partition coefficient (Wildman–Crippen LogP) is 1.98. The SMILES string of the molecule is CC(=O)NC(CCSC1CC(=O)N(C2CC(C)(C)N(C)C(C)(C)C2)C1=O)C(C)=O. The molecule has 2 atom stereocenters. The van der Waals surface area contributed by atoms with Gasteiger partial charge in [0, 0.05) is 30.5 Å². The van der Waals surface area contributed by atoms with Gasteiger partial charge < -0.3 is 5.32 Å². The van der Waals surface area contributed by atoms with Gasteiger partial charge in [0.15, 0.2) is 5.78 Å². The minimum absolute atomic E-state index is 0.0915. The number of likely N-dealkylation sites (tertiary alicyclic amines) is 2. The molecule has 2 unspecified atom stereocenters. The smallest absolute Gasteiger partial charge is 0.243 e. The lowest BCUT2D eigenvalue weighted by Gasteiger charge is -2.54. The Kier molecular flexibility index (Phi) is 7.21. The molecule has 0 saturated carbocycles. The number of Topliss-reactive ketones (excluding diaryl/α,β-unsaturated/α-hetero) is 1. The Balaban J connectivity index is 2.01. The highest BCUT2D eigenvalue weighted by molar-refractivity contribution is 8.00. The van der Waals surface area contributed by atoms with Crippen LogP contribution in [0, 0.1) is 0 Å². The largest absolute Gasteiger partial charge is 0.347 e. The van der Waals surface area contributed by atoms with Crippen LogP contribution in [0.4, 0.5) is 0 Å². The molecule has 2 saturated heterocycles. The second-order valence-corrected chi connectivity index (χ2v) is 10.9. The zero-order valence-electron chi connectivity index (χ0n) is 18.7. The third-order valence-electron chi connectivity index (χ3n) is 6.39. The van der Waals surface area contributed by atoms with E-state index in [2.05, 4.69) is 45.0 Å². The lowest BCUT2D eigenvalue weighted by atomic mass is 9.77. The van der Waals surface area contributed by atoms with Crippen LogP contribution in [0.2, 0.25) is 0 Å². The molecule has 0 aromatic rings. The number of amides is 3. The molecule has 1 N–H and O–H groups in total. The van der Waals surface area contributed by atoms with Gasteiger partial charge in [-0.25, -0.2) is 0 Å². The summed E-state index contributed by atoms with van der Waals surface area (Å²) < 4.78 is 0. The van der Waals surface area contributed by atoms with E-state index in [1.54, 1.807) is 0 Å². The number of imide groups is 1. The average Bonchev–Trinajstić information content (AvgIpc) is 2.84. The second-order valence-electron chi connectivity index (χ2n) is 9.56. The van der Waals surface area contributed by atoms with Crippen LogP contribution in [0.1, 0.15) is 67.2 Å². The quantitative estimate of drug-likeness (QED) is 0.628. The summed E-state index contributed by atoms with van der Waals surface area (Å²) in [4.78, 5) is 52.5. The molecule has 164 valence electrons. The predicted molar refractivity (Wildman–Crippen MR) is 115 cm³/mol. The summed E-state index contributed by atoms with van der Waals surface area (Å²) in [5.74, 6) is -0.0291. The Morgan fingerprint density at radius 3 is 2.17 bits per heavy atom. The molecule has 8 heteroatoms. The van der Waals surface area contributed by atoms with Gasteiger partial charge in [0.05, 0.1) is 11.3 Å². The van der Waals surface area contributed by atoms with Gasteiger partial charge in [0.2, 0.25) is 17.7 Å². The zero-order chi connectivity index (χ0) is 22.1. The molecule has 0 aromatic heterocycles. The van der Waals surface area contributed by atoms with Crippen molar-refractivity contribution in [3.63, 3.8) is 0 Å².